The molecule has 0 bridgehead atoms. The molecule has 0 aliphatic heterocycles. The van der Waals surface area contributed by atoms with E-state index in [4.69, 9.17) is 0 Å². The third-order valence-corrected chi connectivity index (χ3v) is 2.76. The van der Waals surface area contributed by atoms with Gasteiger partial charge in [-0.05, 0) is 25.2 Å². The first-order valence-corrected chi connectivity index (χ1v) is 4.42. The van der Waals surface area contributed by atoms with Gasteiger partial charge in [0.1, 0.15) is 0 Å². The molecule has 0 radical (unpaired) electrons. The van der Waals surface area contributed by atoms with Crippen LogP contribution in [0, 0.1) is 11.8 Å². The summed E-state index contributed by atoms with van der Waals surface area (Å²) >= 11 is 0. The molecule has 1 aliphatic carbocycles. The second kappa shape index (κ2) is 3.90. The van der Waals surface area contributed by atoms with Crippen LogP contribution < -0.4 is 0 Å². The highest BCUT2D eigenvalue weighted by molar-refractivity contribution is 5.72. The highest BCUT2D eigenvalue weighted by atomic mass is 16.5. The predicted octanol–water partition coefficient (Wildman–Crippen LogP) is 0.956. The van der Waals surface area contributed by atoms with Gasteiger partial charge in [0.15, 0.2) is 0 Å². The van der Waals surface area contributed by atoms with Gasteiger partial charge in [-0.15, -0.1) is 0 Å². The van der Waals surface area contributed by atoms with Crippen molar-refractivity contribution in [2.75, 3.05) is 7.11 Å². The standard InChI is InChI=1S/C9H16O3/c1-6-7(9(11)12-2)4-3-5-8(6)10/h6-8,10H,3-5H2,1-2H3. The van der Waals surface area contributed by atoms with Crippen molar-refractivity contribution in [1.29, 1.82) is 0 Å². The maximum atomic E-state index is 11.2. The number of ether oxygens (including phenoxy) is 1. The number of methoxy groups -OCH3 is 1. The van der Waals surface area contributed by atoms with Crippen molar-refractivity contribution in [3.8, 4) is 0 Å². The van der Waals surface area contributed by atoms with E-state index < -0.39 is 0 Å². The van der Waals surface area contributed by atoms with Gasteiger partial charge >= 0.3 is 5.97 Å². The summed E-state index contributed by atoms with van der Waals surface area (Å²) in [5, 5.41) is 9.48. The van der Waals surface area contributed by atoms with Crippen LogP contribution in [0.15, 0.2) is 0 Å². The molecule has 0 aromatic rings. The van der Waals surface area contributed by atoms with E-state index in [1.54, 1.807) is 0 Å². The van der Waals surface area contributed by atoms with E-state index in [9.17, 15) is 9.90 Å². The number of hydrogen-bond acceptors (Lipinski definition) is 3. The first kappa shape index (κ1) is 9.52. The molecule has 3 atom stereocenters. The van der Waals surface area contributed by atoms with Crippen LogP contribution in [0.2, 0.25) is 0 Å². The van der Waals surface area contributed by atoms with Gasteiger partial charge < -0.3 is 9.84 Å². The maximum absolute atomic E-state index is 11.2. The monoisotopic (exact) mass is 172 g/mol. The fourth-order valence-corrected chi connectivity index (χ4v) is 1.82. The normalized spacial score (nSPS) is 36.1. The van der Waals surface area contributed by atoms with Crippen molar-refractivity contribution in [1.82, 2.24) is 0 Å². The Morgan fingerprint density at radius 1 is 1.50 bits per heavy atom. The highest BCUT2D eigenvalue weighted by Gasteiger charge is 2.33. The zero-order chi connectivity index (χ0) is 9.14. The number of hydrogen-bond donors (Lipinski definition) is 1. The van der Waals surface area contributed by atoms with Crippen molar-refractivity contribution in [2.45, 2.75) is 32.3 Å². The number of aliphatic hydroxyl groups is 1. The van der Waals surface area contributed by atoms with Crippen LogP contribution in [-0.4, -0.2) is 24.3 Å². The Morgan fingerprint density at radius 2 is 2.17 bits per heavy atom. The zero-order valence-electron chi connectivity index (χ0n) is 7.62. The Hall–Kier alpha value is -0.570. The SMILES string of the molecule is COC(=O)C1CCCC(O)C1C. The molecule has 0 saturated heterocycles. The summed E-state index contributed by atoms with van der Waals surface area (Å²) in [7, 11) is 1.40. The number of esters is 1. The lowest BCUT2D eigenvalue weighted by atomic mass is 9.78. The molecule has 0 aromatic carbocycles. The van der Waals surface area contributed by atoms with E-state index in [1.807, 2.05) is 6.92 Å². The third-order valence-electron chi connectivity index (χ3n) is 2.76. The van der Waals surface area contributed by atoms with Gasteiger partial charge in [-0.3, -0.25) is 4.79 Å². The summed E-state index contributed by atoms with van der Waals surface area (Å²) in [4.78, 5) is 11.2. The molecule has 0 aromatic heterocycles. The van der Waals surface area contributed by atoms with Gasteiger partial charge in [0.25, 0.3) is 0 Å². The molecule has 3 unspecified atom stereocenters. The second-order valence-corrected chi connectivity index (χ2v) is 3.49. The predicted molar refractivity (Wildman–Crippen MR) is 44.5 cm³/mol. The van der Waals surface area contributed by atoms with Crippen molar-refractivity contribution in [3.63, 3.8) is 0 Å². The lowest BCUT2D eigenvalue weighted by Crippen LogP contribution is -2.35. The van der Waals surface area contributed by atoms with E-state index in [-0.39, 0.29) is 23.9 Å². The van der Waals surface area contributed by atoms with Gasteiger partial charge in [0.2, 0.25) is 0 Å². The molecular weight excluding hydrogens is 156 g/mol. The Bertz CT molecular complexity index is 167. The Labute approximate surface area is 72.7 Å². The maximum Gasteiger partial charge on any atom is 0.309 e. The number of carbonyl (C=O) groups is 1. The molecule has 0 spiro atoms. The lowest BCUT2D eigenvalue weighted by molar-refractivity contribution is -0.150. The fraction of sp³-hybridized carbons (Fsp3) is 0.889. The van der Waals surface area contributed by atoms with Crippen LogP contribution in [-0.2, 0) is 9.53 Å². The van der Waals surface area contributed by atoms with Gasteiger partial charge in [-0.1, -0.05) is 6.92 Å². The molecule has 1 saturated carbocycles. The summed E-state index contributed by atoms with van der Waals surface area (Å²) in [6, 6.07) is 0. The third kappa shape index (κ3) is 1.78. The first-order chi connectivity index (χ1) is 5.66. The van der Waals surface area contributed by atoms with E-state index >= 15 is 0 Å². The van der Waals surface area contributed by atoms with E-state index in [2.05, 4.69) is 4.74 Å². The average Bonchev–Trinajstić information content (AvgIpc) is 2.08. The number of aliphatic hydroxyl groups excluding tert-OH is 1. The molecule has 12 heavy (non-hydrogen) atoms. The van der Waals surface area contributed by atoms with E-state index in [1.165, 1.54) is 7.11 Å². The molecule has 3 nitrogen and oxygen atoms in total. The number of rotatable bonds is 1. The zero-order valence-corrected chi connectivity index (χ0v) is 7.62. The molecule has 1 fully saturated rings. The average molecular weight is 172 g/mol. The van der Waals surface area contributed by atoms with Crippen molar-refractivity contribution in [2.24, 2.45) is 11.8 Å². The summed E-state index contributed by atoms with van der Waals surface area (Å²) in [5.74, 6) is -0.230. The smallest absolute Gasteiger partial charge is 0.309 e. The van der Waals surface area contributed by atoms with Gasteiger partial charge in [0.05, 0.1) is 19.1 Å². The van der Waals surface area contributed by atoms with Crippen molar-refractivity contribution in [3.05, 3.63) is 0 Å². The fourth-order valence-electron chi connectivity index (χ4n) is 1.82. The first-order valence-electron chi connectivity index (χ1n) is 4.42. The van der Waals surface area contributed by atoms with E-state index in [0.29, 0.717) is 0 Å². The minimum Gasteiger partial charge on any atom is -0.469 e. The highest BCUT2D eigenvalue weighted by Crippen LogP contribution is 2.30. The van der Waals surface area contributed by atoms with E-state index in [0.717, 1.165) is 19.3 Å². The van der Waals surface area contributed by atoms with Gasteiger partial charge in [-0.25, -0.2) is 0 Å². The van der Waals surface area contributed by atoms with Crippen LogP contribution in [0.3, 0.4) is 0 Å². The van der Waals surface area contributed by atoms with Crippen LogP contribution in [0.4, 0.5) is 0 Å². The molecule has 3 heteroatoms. The minimum atomic E-state index is -0.331. The molecule has 1 rings (SSSR count). The molecule has 1 aliphatic rings. The van der Waals surface area contributed by atoms with Crippen LogP contribution in [0.1, 0.15) is 26.2 Å². The van der Waals surface area contributed by atoms with Crippen LogP contribution >= 0.6 is 0 Å². The minimum absolute atomic E-state index is 0.0474. The topological polar surface area (TPSA) is 46.5 Å². The van der Waals surface area contributed by atoms with Gasteiger partial charge in [0, 0.05) is 0 Å². The largest absolute Gasteiger partial charge is 0.469 e. The Balaban J connectivity index is 2.57. The lowest BCUT2D eigenvalue weighted by Gasteiger charge is -2.30. The van der Waals surface area contributed by atoms with Crippen LogP contribution in [0.25, 0.3) is 0 Å². The molecule has 0 heterocycles. The number of carbonyl (C=O) groups excluding carboxylic acids is 1. The van der Waals surface area contributed by atoms with Crippen molar-refractivity contribution < 1.29 is 14.6 Å². The summed E-state index contributed by atoms with van der Waals surface area (Å²) in [6.07, 6.45) is 2.26. The molecule has 70 valence electrons. The van der Waals surface area contributed by atoms with Crippen LogP contribution in [0.5, 0.6) is 0 Å². The second-order valence-electron chi connectivity index (χ2n) is 3.49. The Kier molecular flexibility index (Phi) is 3.09. The van der Waals surface area contributed by atoms with Gasteiger partial charge in [-0.2, -0.15) is 0 Å². The molecule has 0 amide bonds. The summed E-state index contributed by atoms with van der Waals surface area (Å²) < 4.78 is 4.66. The summed E-state index contributed by atoms with van der Waals surface area (Å²) in [5.41, 5.74) is 0. The quantitative estimate of drug-likeness (QED) is 0.599. The molecular formula is C9H16O3. The van der Waals surface area contributed by atoms with Crippen molar-refractivity contribution >= 4 is 5.97 Å². The molecule has 1 N–H and O–H groups in total. The Morgan fingerprint density at radius 3 is 2.75 bits per heavy atom. The summed E-state index contributed by atoms with van der Waals surface area (Å²) in [6.45, 7) is 1.91.